The Morgan fingerprint density at radius 3 is 1.00 bits per heavy atom. The normalized spacial score (nSPS) is 11.5. The van der Waals surface area contributed by atoms with E-state index in [1.807, 2.05) is 48.5 Å². The highest BCUT2D eigenvalue weighted by molar-refractivity contribution is 6.14. The molecule has 6 aromatic heterocycles. The van der Waals surface area contributed by atoms with Gasteiger partial charge in [-0.3, -0.25) is 0 Å². The zero-order chi connectivity index (χ0) is 62.6. The van der Waals surface area contributed by atoms with Gasteiger partial charge in [0.05, 0.1) is 79.0 Å². The van der Waals surface area contributed by atoms with Crippen LogP contribution in [0.3, 0.4) is 0 Å². The molecule has 8 heteroatoms. The Morgan fingerprint density at radius 1 is 0.213 bits per heavy atom. The van der Waals surface area contributed by atoms with Crippen LogP contribution in [0.15, 0.2) is 315 Å². The lowest BCUT2D eigenvalue weighted by molar-refractivity contribution is 1.09. The van der Waals surface area contributed by atoms with Crippen molar-refractivity contribution in [3.05, 3.63) is 327 Å². The number of hydrogen-bond donors (Lipinski definition) is 0. The van der Waals surface area contributed by atoms with Crippen LogP contribution in [0.5, 0.6) is 0 Å². The fourth-order valence-corrected chi connectivity index (χ4v) is 13.3. The van der Waals surface area contributed by atoms with E-state index >= 15 is 0 Å². The third-order valence-electron chi connectivity index (χ3n) is 17.9. The summed E-state index contributed by atoms with van der Waals surface area (Å²) < 4.78 is 4.97. The monoisotopic (exact) mass is 1200 g/mol. The van der Waals surface area contributed by atoms with Crippen molar-refractivity contribution in [2.75, 3.05) is 0 Å². The summed E-state index contributed by atoms with van der Waals surface area (Å²) >= 11 is 0. The molecule has 0 fully saturated rings. The fourth-order valence-electron chi connectivity index (χ4n) is 13.3. The van der Waals surface area contributed by atoms with Crippen LogP contribution in [0.4, 0.5) is 0 Å². The summed E-state index contributed by atoms with van der Waals surface area (Å²) in [7, 11) is 0. The SMILES string of the molecule is Cc1ccc2c(c1)c1cc(C)ccc1n2-c1cc(-c2cc(-c3ccccc3)nc(-c3ccccc3)n2)cc(-c2cc(-c3ccccc3)nc(-c3ccccc3)n2)c1-n1c2cc(-c3cccc(-c4ccccc4)n3)ccc2c2ccc(-c3cccc(-c4ccccc4)n3)cc21. The van der Waals surface area contributed by atoms with Crippen molar-refractivity contribution in [2.24, 2.45) is 0 Å². The van der Waals surface area contributed by atoms with Gasteiger partial charge in [-0.25, -0.2) is 29.9 Å². The lowest BCUT2D eigenvalue weighted by atomic mass is 9.97. The molecule has 17 rings (SSSR count). The maximum Gasteiger partial charge on any atom is 0.160 e. The van der Waals surface area contributed by atoms with E-state index in [1.54, 1.807) is 0 Å². The molecule has 0 amide bonds. The first-order valence-electron chi connectivity index (χ1n) is 31.7. The van der Waals surface area contributed by atoms with Crippen molar-refractivity contribution in [1.82, 2.24) is 39.0 Å². The quantitative estimate of drug-likeness (QED) is 0.121. The maximum atomic E-state index is 5.79. The van der Waals surface area contributed by atoms with Gasteiger partial charge in [-0.1, -0.05) is 242 Å². The number of benzene rings is 11. The Balaban J connectivity index is 1.06. The van der Waals surface area contributed by atoms with Gasteiger partial charge in [0.15, 0.2) is 11.6 Å². The molecule has 0 atom stereocenters. The summed E-state index contributed by atoms with van der Waals surface area (Å²) in [5.41, 5.74) is 24.3. The van der Waals surface area contributed by atoms with Crippen molar-refractivity contribution in [3.8, 4) is 124 Å². The number of nitrogens with zero attached hydrogens (tertiary/aromatic N) is 8. The lowest BCUT2D eigenvalue weighted by Crippen LogP contribution is -2.08. The van der Waals surface area contributed by atoms with Gasteiger partial charge < -0.3 is 9.13 Å². The van der Waals surface area contributed by atoms with Crippen LogP contribution in [-0.4, -0.2) is 39.0 Å². The first-order valence-corrected chi connectivity index (χ1v) is 31.7. The Morgan fingerprint density at radius 2 is 0.574 bits per heavy atom. The van der Waals surface area contributed by atoms with Crippen LogP contribution in [-0.2, 0) is 0 Å². The van der Waals surface area contributed by atoms with Crippen molar-refractivity contribution >= 4 is 43.6 Å². The highest BCUT2D eigenvalue weighted by Gasteiger charge is 2.28. The Labute approximate surface area is 544 Å². The van der Waals surface area contributed by atoms with Crippen molar-refractivity contribution < 1.29 is 0 Å². The Bertz CT molecular complexity index is 5410. The van der Waals surface area contributed by atoms with Crippen LogP contribution in [0.2, 0.25) is 0 Å². The second kappa shape index (κ2) is 23.4. The van der Waals surface area contributed by atoms with Crippen LogP contribution in [0.25, 0.3) is 168 Å². The third-order valence-corrected chi connectivity index (χ3v) is 17.9. The van der Waals surface area contributed by atoms with Crippen molar-refractivity contribution in [2.45, 2.75) is 13.8 Å². The summed E-state index contributed by atoms with van der Waals surface area (Å²) in [6.45, 7) is 4.36. The molecule has 0 aliphatic heterocycles. The minimum atomic E-state index is 0.595. The molecule has 0 bridgehead atoms. The zero-order valence-corrected chi connectivity index (χ0v) is 51.6. The largest absolute Gasteiger partial charge is 0.307 e. The average Bonchev–Trinajstić information content (AvgIpc) is 1.53. The summed E-state index contributed by atoms with van der Waals surface area (Å²) in [5.74, 6) is 1.21. The predicted molar refractivity (Wildman–Crippen MR) is 386 cm³/mol. The van der Waals surface area contributed by atoms with Gasteiger partial charge >= 0.3 is 0 Å². The predicted octanol–water partition coefficient (Wildman–Crippen LogP) is 21.5. The fraction of sp³-hybridized carbons (Fsp3) is 0.0233. The Kier molecular flexibility index (Phi) is 13.8. The van der Waals surface area contributed by atoms with Gasteiger partial charge in [-0.2, -0.15) is 0 Å². The highest BCUT2D eigenvalue weighted by atomic mass is 15.1. The van der Waals surface area contributed by atoms with E-state index in [9.17, 15) is 0 Å². The molecule has 11 aromatic carbocycles. The van der Waals surface area contributed by atoms with Gasteiger partial charge in [-0.05, 0) is 98.8 Å². The van der Waals surface area contributed by atoms with E-state index in [4.69, 9.17) is 29.9 Å². The van der Waals surface area contributed by atoms with E-state index < -0.39 is 0 Å². The second-order valence-corrected chi connectivity index (χ2v) is 24.0. The van der Waals surface area contributed by atoms with E-state index in [0.29, 0.717) is 11.6 Å². The summed E-state index contributed by atoms with van der Waals surface area (Å²) in [5, 5.41) is 4.44. The van der Waals surface area contributed by atoms with Gasteiger partial charge in [0.25, 0.3) is 0 Å². The summed E-state index contributed by atoms with van der Waals surface area (Å²) in [4.78, 5) is 32.9. The number of aromatic nitrogens is 8. The van der Waals surface area contributed by atoms with Crippen molar-refractivity contribution in [1.29, 1.82) is 0 Å². The Hall–Kier alpha value is -12.5. The molecule has 94 heavy (non-hydrogen) atoms. The topological polar surface area (TPSA) is 87.2 Å². The molecule has 17 aromatic rings. The molecule has 0 saturated heterocycles. The molecule has 0 unspecified atom stereocenters. The minimum absolute atomic E-state index is 0.595. The molecular formula is C86H58N8. The molecule has 0 aliphatic carbocycles. The molecule has 0 saturated carbocycles. The van der Waals surface area contributed by atoms with E-state index in [2.05, 4.69) is 290 Å². The van der Waals surface area contributed by atoms with Crippen LogP contribution >= 0.6 is 0 Å². The number of rotatable bonds is 12. The average molecular weight is 1200 g/mol. The molecule has 8 nitrogen and oxygen atoms in total. The van der Waals surface area contributed by atoms with Gasteiger partial charge in [0.2, 0.25) is 0 Å². The number of aryl methyl sites for hydroxylation is 2. The molecule has 6 heterocycles. The molecular weight excluding hydrogens is 1150 g/mol. The number of pyridine rings is 2. The zero-order valence-electron chi connectivity index (χ0n) is 51.6. The third kappa shape index (κ3) is 10.2. The number of hydrogen-bond acceptors (Lipinski definition) is 6. The molecule has 442 valence electrons. The van der Waals surface area contributed by atoms with E-state index in [-0.39, 0.29) is 0 Å². The van der Waals surface area contributed by atoms with E-state index in [1.165, 1.54) is 11.1 Å². The minimum Gasteiger partial charge on any atom is -0.307 e. The van der Waals surface area contributed by atoms with E-state index in [0.717, 1.165) is 156 Å². The highest BCUT2D eigenvalue weighted by Crippen LogP contribution is 2.47. The smallest absolute Gasteiger partial charge is 0.160 e. The first kappa shape index (κ1) is 55.5. The summed E-state index contributed by atoms with van der Waals surface area (Å²) in [6, 6.07) is 111. The summed E-state index contributed by atoms with van der Waals surface area (Å²) in [6.07, 6.45) is 0. The van der Waals surface area contributed by atoms with Gasteiger partial charge in [-0.15, -0.1) is 0 Å². The molecule has 0 aliphatic rings. The first-order chi connectivity index (χ1) is 46.4. The van der Waals surface area contributed by atoms with Gasteiger partial charge in [0.1, 0.15) is 0 Å². The lowest BCUT2D eigenvalue weighted by Gasteiger charge is -2.23. The standard InChI is InChI=1S/C86H58N8/c1-55-39-45-79-68(47-55)69-48-56(2)40-46-80(69)93(79)83-52-65(77-53-75(59-27-13-5-14-28-59)89-85(91-77)61-31-17-7-18-32-61)49-70(78-54-76(60-29-15-6-16-30-60)90-86(92-78)62-33-19-8-20-34-62)84(83)94-81-50-63(73-37-21-35-71(87-73)57-23-9-3-10-24-57)41-43-66(81)67-44-42-64(51-82(67)94)74-38-22-36-72(88-74)58-25-11-4-12-26-58/h3-54H,1-2H3. The van der Waals surface area contributed by atoms with Crippen LogP contribution in [0, 0.1) is 13.8 Å². The van der Waals surface area contributed by atoms with Crippen molar-refractivity contribution in [3.63, 3.8) is 0 Å². The van der Waals surface area contributed by atoms with Crippen LogP contribution in [0.1, 0.15) is 11.1 Å². The van der Waals surface area contributed by atoms with Gasteiger partial charge in [0, 0.05) is 77.2 Å². The maximum absolute atomic E-state index is 5.79. The molecule has 0 N–H and O–H groups in total. The number of fused-ring (bicyclic) bond motifs is 6. The molecule has 0 spiro atoms. The second-order valence-electron chi connectivity index (χ2n) is 24.0. The van der Waals surface area contributed by atoms with Crippen LogP contribution < -0.4 is 0 Å². The molecule has 0 radical (unpaired) electrons.